The molecule has 2 fully saturated rings. The number of rotatable bonds is 1. The fourth-order valence-electron chi connectivity index (χ4n) is 2.85. The summed E-state index contributed by atoms with van der Waals surface area (Å²) in [5.74, 6) is 1.61. The van der Waals surface area contributed by atoms with Gasteiger partial charge < -0.3 is 10.2 Å². The van der Waals surface area contributed by atoms with Crippen molar-refractivity contribution in [2.24, 2.45) is 11.8 Å². The molecule has 2 aliphatic heterocycles. The Bertz CT molecular complexity index is 424. The second-order valence-electron chi connectivity index (χ2n) is 4.88. The van der Waals surface area contributed by atoms with E-state index in [1.54, 1.807) is 0 Å². The molecular formula is C12H15Cl2N3. The minimum Gasteiger partial charge on any atom is -0.370 e. The van der Waals surface area contributed by atoms with Crippen LogP contribution in [0.25, 0.3) is 0 Å². The smallest absolute Gasteiger partial charge is 0.147 e. The minimum absolute atomic E-state index is 0.382. The summed E-state index contributed by atoms with van der Waals surface area (Å²) in [5, 5.41) is 4.39. The molecule has 1 aromatic rings. The zero-order chi connectivity index (χ0) is 11.8. The maximum atomic E-state index is 6.01. The molecule has 0 bridgehead atoms. The molecule has 92 valence electrons. The van der Waals surface area contributed by atoms with Crippen molar-refractivity contribution in [3.63, 3.8) is 0 Å². The Morgan fingerprint density at radius 2 is 2.12 bits per heavy atom. The van der Waals surface area contributed by atoms with E-state index in [4.69, 9.17) is 23.2 Å². The standard InChI is InChI=1S/C12H15Cl2N3/c13-11-3-10(6-16-12(11)14)17-2-1-8-4-15-5-9(8)7-17/h3,6,8-9,15H,1-2,4-5,7H2/t8-,9-/m1/s1. The van der Waals surface area contributed by atoms with Crippen LogP contribution in [0.3, 0.4) is 0 Å². The summed E-state index contributed by atoms with van der Waals surface area (Å²) in [6, 6.07) is 1.92. The Morgan fingerprint density at radius 3 is 2.94 bits per heavy atom. The van der Waals surface area contributed by atoms with E-state index < -0.39 is 0 Å². The van der Waals surface area contributed by atoms with Gasteiger partial charge in [-0.1, -0.05) is 23.2 Å². The van der Waals surface area contributed by atoms with Gasteiger partial charge in [-0.05, 0) is 37.4 Å². The van der Waals surface area contributed by atoms with Crippen LogP contribution in [0.5, 0.6) is 0 Å². The molecule has 3 heterocycles. The predicted octanol–water partition coefficient (Wildman–Crippen LogP) is 2.43. The van der Waals surface area contributed by atoms with Crippen LogP contribution in [-0.4, -0.2) is 31.2 Å². The highest BCUT2D eigenvalue weighted by Crippen LogP contribution is 2.31. The SMILES string of the molecule is Clc1cc(N2CC[C@@H]3CNC[C@@H]3C2)cnc1Cl. The zero-order valence-corrected chi connectivity index (χ0v) is 11.0. The van der Waals surface area contributed by atoms with Crippen LogP contribution in [-0.2, 0) is 0 Å². The molecule has 2 atom stereocenters. The molecule has 0 radical (unpaired) electrons. The first-order valence-corrected chi connectivity index (χ1v) is 6.76. The van der Waals surface area contributed by atoms with Crippen LogP contribution >= 0.6 is 23.2 Å². The average molecular weight is 272 g/mol. The number of piperidine rings is 1. The summed E-state index contributed by atoms with van der Waals surface area (Å²) in [5.41, 5.74) is 1.09. The number of halogens is 2. The number of pyridine rings is 1. The predicted molar refractivity (Wildman–Crippen MR) is 70.9 cm³/mol. The summed E-state index contributed by atoms with van der Waals surface area (Å²) in [4.78, 5) is 6.48. The van der Waals surface area contributed by atoms with Crippen molar-refractivity contribution in [1.29, 1.82) is 0 Å². The number of hydrogen-bond acceptors (Lipinski definition) is 3. The first-order valence-electron chi connectivity index (χ1n) is 6.01. The van der Waals surface area contributed by atoms with Gasteiger partial charge in [0.05, 0.1) is 16.9 Å². The van der Waals surface area contributed by atoms with E-state index >= 15 is 0 Å². The quantitative estimate of drug-likeness (QED) is 0.796. The van der Waals surface area contributed by atoms with Crippen molar-refractivity contribution in [2.75, 3.05) is 31.1 Å². The Hall–Kier alpha value is -0.510. The van der Waals surface area contributed by atoms with E-state index in [1.165, 1.54) is 13.0 Å². The summed E-state index contributed by atoms with van der Waals surface area (Å²) >= 11 is 11.8. The maximum Gasteiger partial charge on any atom is 0.147 e. The van der Waals surface area contributed by atoms with Crippen molar-refractivity contribution in [2.45, 2.75) is 6.42 Å². The Kier molecular flexibility index (Phi) is 3.16. The third-order valence-electron chi connectivity index (χ3n) is 3.85. The van der Waals surface area contributed by atoms with Gasteiger partial charge in [0.1, 0.15) is 5.15 Å². The van der Waals surface area contributed by atoms with Gasteiger partial charge in [0, 0.05) is 13.1 Å². The third-order valence-corrected chi connectivity index (χ3v) is 4.54. The lowest BCUT2D eigenvalue weighted by atomic mass is 9.88. The van der Waals surface area contributed by atoms with Crippen LogP contribution in [0.4, 0.5) is 5.69 Å². The zero-order valence-electron chi connectivity index (χ0n) is 9.50. The first kappa shape index (κ1) is 11.6. The molecule has 3 rings (SSSR count). The topological polar surface area (TPSA) is 28.2 Å². The normalized spacial score (nSPS) is 28.2. The average Bonchev–Trinajstić information content (AvgIpc) is 2.79. The van der Waals surface area contributed by atoms with Crippen molar-refractivity contribution in [3.05, 3.63) is 22.4 Å². The Labute approximate surface area is 111 Å². The number of fused-ring (bicyclic) bond motifs is 1. The molecule has 0 saturated carbocycles. The van der Waals surface area contributed by atoms with Gasteiger partial charge in [-0.15, -0.1) is 0 Å². The Morgan fingerprint density at radius 1 is 1.29 bits per heavy atom. The molecule has 5 heteroatoms. The van der Waals surface area contributed by atoms with Gasteiger partial charge in [-0.2, -0.15) is 0 Å². The van der Waals surface area contributed by atoms with E-state index in [-0.39, 0.29) is 0 Å². The largest absolute Gasteiger partial charge is 0.370 e. The monoisotopic (exact) mass is 271 g/mol. The number of anilines is 1. The van der Waals surface area contributed by atoms with E-state index in [1.807, 2.05) is 12.3 Å². The van der Waals surface area contributed by atoms with Crippen LogP contribution in [0.2, 0.25) is 10.2 Å². The van der Waals surface area contributed by atoms with Gasteiger partial charge in [0.15, 0.2) is 0 Å². The lowest BCUT2D eigenvalue weighted by Crippen LogP contribution is -2.40. The van der Waals surface area contributed by atoms with Crippen molar-refractivity contribution >= 4 is 28.9 Å². The highest BCUT2D eigenvalue weighted by Gasteiger charge is 2.32. The lowest BCUT2D eigenvalue weighted by Gasteiger charge is -2.35. The molecular weight excluding hydrogens is 257 g/mol. The molecule has 0 aliphatic carbocycles. The number of aromatic nitrogens is 1. The molecule has 2 saturated heterocycles. The second-order valence-corrected chi connectivity index (χ2v) is 5.64. The lowest BCUT2D eigenvalue weighted by molar-refractivity contribution is 0.349. The van der Waals surface area contributed by atoms with Gasteiger partial charge in [-0.3, -0.25) is 0 Å². The molecule has 0 unspecified atom stereocenters. The summed E-state index contributed by atoms with van der Waals surface area (Å²) in [6.45, 7) is 4.49. The molecule has 1 aromatic heterocycles. The molecule has 3 nitrogen and oxygen atoms in total. The van der Waals surface area contributed by atoms with Gasteiger partial charge in [-0.25, -0.2) is 4.98 Å². The summed E-state index contributed by atoms with van der Waals surface area (Å²) < 4.78 is 0. The number of nitrogens with one attached hydrogen (secondary N) is 1. The molecule has 1 N–H and O–H groups in total. The molecule has 2 aliphatic rings. The number of nitrogens with zero attached hydrogens (tertiary/aromatic N) is 2. The van der Waals surface area contributed by atoms with Gasteiger partial charge >= 0.3 is 0 Å². The fraction of sp³-hybridized carbons (Fsp3) is 0.583. The van der Waals surface area contributed by atoms with Gasteiger partial charge in [0.25, 0.3) is 0 Å². The highest BCUT2D eigenvalue weighted by atomic mass is 35.5. The van der Waals surface area contributed by atoms with Crippen molar-refractivity contribution in [1.82, 2.24) is 10.3 Å². The fourth-order valence-corrected chi connectivity index (χ4v) is 3.12. The summed E-state index contributed by atoms with van der Waals surface area (Å²) in [6.07, 6.45) is 3.06. The summed E-state index contributed by atoms with van der Waals surface area (Å²) in [7, 11) is 0. The first-order chi connectivity index (χ1) is 8.24. The van der Waals surface area contributed by atoms with E-state index in [0.717, 1.165) is 37.2 Å². The maximum absolute atomic E-state index is 6.01. The minimum atomic E-state index is 0.382. The molecule has 0 spiro atoms. The second kappa shape index (κ2) is 4.63. The van der Waals surface area contributed by atoms with Crippen molar-refractivity contribution < 1.29 is 0 Å². The number of hydrogen-bond donors (Lipinski definition) is 1. The molecule has 17 heavy (non-hydrogen) atoms. The third kappa shape index (κ3) is 2.24. The molecule has 0 aromatic carbocycles. The van der Waals surface area contributed by atoms with Crippen LogP contribution in [0.15, 0.2) is 12.3 Å². The van der Waals surface area contributed by atoms with E-state index in [0.29, 0.717) is 10.2 Å². The van der Waals surface area contributed by atoms with E-state index in [9.17, 15) is 0 Å². The van der Waals surface area contributed by atoms with Crippen molar-refractivity contribution in [3.8, 4) is 0 Å². The van der Waals surface area contributed by atoms with Crippen LogP contribution in [0.1, 0.15) is 6.42 Å². The van der Waals surface area contributed by atoms with E-state index in [2.05, 4.69) is 15.2 Å². The van der Waals surface area contributed by atoms with Crippen LogP contribution in [0, 0.1) is 11.8 Å². The Balaban J connectivity index is 1.78. The molecule has 0 amide bonds. The van der Waals surface area contributed by atoms with Crippen LogP contribution < -0.4 is 10.2 Å². The van der Waals surface area contributed by atoms with Gasteiger partial charge in [0.2, 0.25) is 0 Å². The highest BCUT2D eigenvalue weighted by molar-refractivity contribution is 6.41.